The molecule has 0 saturated heterocycles. The fraction of sp³-hybridized carbons (Fsp3) is 0.350. The third-order valence-corrected chi connectivity index (χ3v) is 3.86. The van der Waals surface area contributed by atoms with E-state index in [0.29, 0.717) is 30.8 Å². The Bertz CT molecular complexity index is 643. The van der Waals surface area contributed by atoms with Crippen LogP contribution in [0, 0.1) is 0 Å². The van der Waals surface area contributed by atoms with Crippen molar-refractivity contribution >= 4 is 11.5 Å². The molecule has 0 fully saturated rings. The van der Waals surface area contributed by atoms with Gasteiger partial charge in [-0.05, 0) is 36.4 Å². The van der Waals surface area contributed by atoms with Crippen LogP contribution in [-0.4, -0.2) is 48.4 Å². The van der Waals surface area contributed by atoms with Crippen molar-refractivity contribution in [2.45, 2.75) is 19.4 Å². The lowest BCUT2D eigenvalue weighted by atomic mass is 10.1. The van der Waals surface area contributed by atoms with Crippen LogP contribution in [0.3, 0.4) is 0 Å². The third-order valence-electron chi connectivity index (χ3n) is 3.86. The summed E-state index contributed by atoms with van der Waals surface area (Å²) in [5.41, 5.74) is 1.60. The van der Waals surface area contributed by atoms with Crippen molar-refractivity contribution in [2.24, 2.45) is 0 Å². The Morgan fingerprint density at radius 1 is 1.12 bits per heavy atom. The minimum Gasteiger partial charge on any atom is -0.491 e. The highest BCUT2D eigenvalue weighted by Gasteiger charge is 2.13. The second-order valence-corrected chi connectivity index (χ2v) is 5.77. The maximum atomic E-state index is 11.6. The second kappa shape index (κ2) is 9.81. The summed E-state index contributed by atoms with van der Waals surface area (Å²) in [6.07, 6.45) is -0.234. The van der Waals surface area contributed by atoms with Gasteiger partial charge in [0.15, 0.2) is 5.78 Å². The Hall–Kier alpha value is -2.37. The summed E-state index contributed by atoms with van der Waals surface area (Å²) in [6, 6.07) is 16.6. The van der Waals surface area contributed by atoms with Gasteiger partial charge in [-0.2, -0.15) is 0 Å². The Morgan fingerprint density at radius 3 is 2.40 bits per heavy atom. The molecule has 2 aromatic rings. The standard InChI is InChI=1S/C20H25NO4/c1-2-20(24)16-8-10-19(11-9-16)25-15-18(23)14-21(12-13-22)17-6-4-3-5-7-17/h3-11,18,22-23H,2,12-15H2,1H3. The number of ether oxygens (including phenoxy) is 1. The van der Waals surface area contributed by atoms with Crippen molar-refractivity contribution in [1.82, 2.24) is 0 Å². The number of aliphatic hydroxyl groups is 2. The van der Waals surface area contributed by atoms with E-state index in [4.69, 9.17) is 4.74 Å². The number of hydrogen-bond donors (Lipinski definition) is 2. The molecule has 5 heteroatoms. The van der Waals surface area contributed by atoms with Crippen molar-refractivity contribution in [1.29, 1.82) is 0 Å². The van der Waals surface area contributed by atoms with Gasteiger partial charge in [0.05, 0.1) is 6.61 Å². The van der Waals surface area contributed by atoms with Crippen LogP contribution in [0.5, 0.6) is 5.75 Å². The molecule has 0 aliphatic rings. The Balaban J connectivity index is 1.88. The molecular weight excluding hydrogens is 318 g/mol. The van der Waals surface area contributed by atoms with E-state index in [1.54, 1.807) is 24.3 Å². The molecule has 0 bridgehead atoms. The molecule has 2 N–H and O–H groups in total. The van der Waals surface area contributed by atoms with Gasteiger partial charge in [-0.3, -0.25) is 4.79 Å². The van der Waals surface area contributed by atoms with Gasteiger partial charge in [-0.15, -0.1) is 0 Å². The highest BCUT2D eigenvalue weighted by atomic mass is 16.5. The lowest BCUT2D eigenvalue weighted by molar-refractivity contribution is 0.0987. The molecular formula is C20H25NO4. The summed E-state index contributed by atoms with van der Waals surface area (Å²) >= 11 is 0. The van der Waals surface area contributed by atoms with Gasteiger partial charge in [-0.1, -0.05) is 25.1 Å². The number of para-hydroxylation sites is 1. The van der Waals surface area contributed by atoms with Gasteiger partial charge in [0.25, 0.3) is 0 Å². The summed E-state index contributed by atoms with van der Waals surface area (Å²) in [6.45, 7) is 2.77. The number of ketones is 1. The van der Waals surface area contributed by atoms with E-state index in [-0.39, 0.29) is 19.0 Å². The summed E-state index contributed by atoms with van der Waals surface area (Å²) in [7, 11) is 0. The largest absolute Gasteiger partial charge is 0.491 e. The molecule has 0 amide bonds. The fourth-order valence-corrected chi connectivity index (χ4v) is 2.53. The highest BCUT2D eigenvalue weighted by Crippen LogP contribution is 2.16. The zero-order valence-electron chi connectivity index (χ0n) is 14.5. The fourth-order valence-electron chi connectivity index (χ4n) is 2.53. The van der Waals surface area contributed by atoms with E-state index in [1.807, 2.05) is 42.2 Å². The Kier molecular flexibility index (Phi) is 7.44. The monoisotopic (exact) mass is 343 g/mol. The molecule has 25 heavy (non-hydrogen) atoms. The summed E-state index contributed by atoms with van der Waals surface area (Å²) < 4.78 is 5.60. The number of aliphatic hydroxyl groups excluding tert-OH is 2. The minimum atomic E-state index is -0.705. The SMILES string of the molecule is CCC(=O)c1ccc(OCC(O)CN(CCO)c2ccccc2)cc1. The molecule has 0 spiro atoms. The van der Waals surface area contributed by atoms with Crippen LogP contribution in [0.4, 0.5) is 5.69 Å². The van der Waals surface area contributed by atoms with Gasteiger partial charge in [-0.25, -0.2) is 0 Å². The topological polar surface area (TPSA) is 70.0 Å². The molecule has 2 aromatic carbocycles. The maximum Gasteiger partial charge on any atom is 0.162 e. The quantitative estimate of drug-likeness (QED) is 0.649. The van der Waals surface area contributed by atoms with Gasteiger partial charge < -0.3 is 19.8 Å². The minimum absolute atomic E-state index is 0.00932. The van der Waals surface area contributed by atoms with Crippen molar-refractivity contribution in [3.05, 3.63) is 60.2 Å². The van der Waals surface area contributed by atoms with Crippen LogP contribution >= 0.6 is 0 Å². The molecule has 0 aliphatic heterocycles. The third kappa shape index (κ3) is 5.89. The van der Waals surface area contributed by atoms with Crippen LogP contribution in [0.2, 0.25) is 0 Å². The molecule has 0 saturated carbocycles. The van der Waals surface area contributed by atoms with Gasteiger partial charge in [0.2, 0.25) is 0 Å². The molecule has 0 heterocycles. The number of hydrogen-bond acceptors (Lipinski definition) is 5. The van der Waals surface area contributed by atoms with Crippen LogP contribution in [0.1, 0.15) is 23.7 Å². The van der Waals surface area contributed by atoms with Crippen molar-refractivity contribution in [3.63, 3.8) is 0 Å². The van der Waals surface area contributed by atoms with E-state index in [9.17, 15) is 15.0 Å². The molecule has 0 aromatic heterocycles. The first-order chi connectivity index (χ1) is 12.1. The summed E-state index contributed by atoms with van der Waals surface area (Å²) in [5.74, 6) is 0.703. The summed E-state index contributed by atoms with van der Waals surface area (Å²) in [4.78, 5) is 13.5. The molecule has 1 atom stereocenters. The average Bonchev–Trinajstić information content (AvgIpc) is 2.66. The van der Waals surface area contributed by atoms with Crippen molar-refractivity contribution in [3.8, 4) is 5.75 Å². The Labute approximate surface area is 148 Å². The lowest BCUT2D eigenvalue weighted by Crippen LogP contribution is -2.37. The zero-order chi connectivity index (χ0) is 18.1. The number of nitrogens with zero attached hydrogens (tertiary/aromatic N) is 1. The van der Waals surface area contributed by atoms with Crippen molar-refractivity contribution < 1.29 is 19.7 Å². The number of carbonyl (C=O) groups excluding carboxylic acids is 1. The van der Waals surface area contributed by atoms with Crippen LogP contribution in [0.15, 0.2) is 54.6 Å². The van der Waals surface area contributed by atoms with E-state index >= 15 is 0 Å². The normalized spacial score (nSPS) is 11.8. The molecule has 0 radical (unpaired) electrons. The zero-order valence-corrected chi connectivity index (χ0v) is 14.5. The summed E-state index contributed by atoms with van der Waals surface area (Å²) in [5, 5.41) is 19.5. The second-order valence-electron chi connectivity index (χ2n) is 5.77. The van der Waals surface area contributed by atoms with Crippen LogP contribution < -0.4 is 9.64 Å². The average molecular weight is 343 g/mol. The lowest BCUT2D eigenvalue weighted by Gasteiger charge is -2.26. The van der Waals surface area contributed by atoms with Gasteiger partial charge in [0, 0.05) is 30.8 Å². The van der Waals surface area contributed by atoms with E-state index in [2.05, 4.69) is 0 Å². The first-order valence-electron chi connectivity index (χ1n) is 8.49. The molecule has 1 unspecified atom stereocenters. The van der Waals surface area contributed by atoms with Crippen LogP contribution in [0.25, 0.3) is 0 Å². The molecule has 0 aliphatic carbocycles. The highest BCUT2D eigenvalue weighted by molar-refractivity contribution is 5.95. The molecule has 5 nitrogen and oxygen atoms in total. The maximum absolute atomic E-state index is 11.6. The number of carbonyl (C=O) groups is 1. The van der Waals surface area contributed by atoms with Crippen LogP contribution in [-0.2, 0) is 0 Å². The number of Topliss-reactive ketones (excluding diaryl/α,β-unsaturated/α-hetero) is 1. The van der Waals surface area contributed by atoms with Gasteiger partial charge in [0.1, 0.15) is 18.5 Å². The molecule has 134 valence electrons. The number of anilines is 1. The first-order valence-corrected chi connectivity index (χ1v) is 8.49. The number of rotatable bonds is 10. The Morgan fingerprint density at radius 2 is 1.80 bits per heavy atom. The smallest absolute Gasteiger partial charge is 0.162 e. The van der Waals surface area contributed by atoms with E-state index < -0.39 is 6.10 Å². The van der Waals surface area contributed by atoms with Gasteiger partial charge >= 0.3 is 0 Å². The predicted molar refractivity (Wildman–Crippen MR) is 98.3 cm³/mol. The molecule has 2 rings (SSSR count). The first kappa shape index (κ1) is 19.0. The van der Waals surface area contributed by atoms with E-state index in [0.717, 1.165) is 5.69 Å². The predicted octanol–water partition coefficient (Wildman–Crippen LogP) is 2.52. The number of benzene rings is 2. The van der Waals surface area contributed by atoms with Crippen molar-refractivity contribution in [2.75, 3.05) is 31.2 Å². The van der Waals surface area contributed by atoms with E-state index in [1.165, 1.54) is 0 Å².